The second-order valence-electron chi connectivity index (χ2n) is 4.89. The average Bonchev–Trinajstić information content (AvgIpc) is 2.50. The minimum atomic E-state index is 0. The third-order valence-corrected chi connectivity index (χ3v) is 3.64. The number of nitrogens with one attached hydrogen (secondary N) is 1. The van der Waals surface area contributed by atoms with Crippen molar-refractivity contribution in [3.8, 4) is 11.1 Å². The van der Waals surface area contributed by atoms with Gasteiger partial charge in [-0.15, -0.1) is 4.91 Å². The summed E-state index contributed by atoms with van der Waals surface area (Å²) in [6, 6.07) is 11.8. The number of nitroso groups, excluding NO2 is 1. The quantitative estimate of drug-likeness (QED) is 0.445. The Morgan fingerprint density at radius 1 is 1.09 bits per heavy atom. The predicted octanol–water partition coefficient (Wildman–Crippen LogP) is 1.01. The van der Waals surface area contributed by atoms with Crippen LogP contribution in [0.5, 0.6) is 0 Å². The summed E-state index contributed by atoms with van der Waals surface area (Å²) in [6.07, 6.45) is 1.67. The summed E-state index contributed by atoms with van der Waals surface area (Å²) in [4.78, 5) is 19.2. The summed E-state index contributed by atoms with van der Waals surface area (Å²) in [5, 5.41) is 3.68. The Balaban J connectivity index is 0.00000176. The van der Waals surface area contributed by atoms with Gasteiger partial charge in [-0.2, -0.15) is 0 Å². The molecule has 22 heavy (non-hydrogen) atoms. The van der Waals surface area contributed by atoms with Crippen LogP contribution < -0.4 is 35.0 Å². The number of anilines is 1. The van der Waals surface area contributed by atoms with E-state index >= 15 is 0 Å². The number of fused-ring (bicyclic) bond motifs is 1. The van der Waals surface area contributed by atoms with Crippen LogP contribution in [0.3, 0.4) is 0 Å². The van der Waals surface area contributed by atoms with E-state index in [0.717, 1.165) is 22.1 Å². The molecule has 0 aliphatic rings. The Bertz CT molecular complexity index is 835. The van der Waals surface area contributed by atoms with Crippen molar-refractivity contribution in [2.75, 3.05) is 5.43 Å². The van der Waals surface area contributed by atoms with E-state index in [1.165, 1.54) is 5.56 Å². The Hall–Kier alpha value is -1.82. The van der Waals surface area contributed by atoms with Crippen LogP contribution in [0.1, 0.15) is 11.1 Å². The van der Waals surface area contributed by atoms with Gasteiger partial charge in [0, 0.05) is 17.1 Å². The summed E-state index contributed by atoms with van der Waals surface area (Å²) in [7, 11) is 0. The van der Waals surface area contributed by atoms with E-state index in [1.807, 2.05) is 30.3 Å². The summed E-state index contributed by atoms with van der Waals surface area (Å²) in [6.45, 7) is 4.11. The molecular formula is C16H14N4NaO+. The maximum absolute atomic E-state index is 10.6. The SMILES string of the molecule is Cc1cccc(-c2cc3cccnc3nc2NN=O)c1C.[Na+]. The molecule has 0 spiro atoms. The summed E-state index contributed by atoms with van der Waals surface area (Å²) in [5.74, 6) is 0.421. The number of aromatic nitrogens is 2. The van der Waals surface area contributed by atoms with Gasteiger partial charge in [-0.3, -0.25) is 0 Å². The van der Waals surface area contributed by atoms with Crippen LogP contribution in [0, 0.1) is 18.8 Å². The number of benzene rings is 1. The Labute approximate surface area is 150 Å². The van der Waals surface area contributed by atoms with Crippen LogP contribution >= 0.6 is 0 Å². The molecule has 5 nitrogen and oxygen atoms in total. The normalized spacial score (nSPS) is 10.1. The van der Waals surface area contributed by atoms with Crippen molar-refractivity contribution >= 4 is 16.9 Å². The van der Waals surface area contributed by atoms with Crippen molar-refractivity contribution in [3.05, 3.63) is 58.6 Å². The van der Waals surface area contributed by atoms with E-state index in [4.69, 9.17) is 0 Å². The van der Waals surface area contributed by atoms with Gasteiger partial charge in [0.25, 0.3) is 0 Å². The number of hydrogen-bond acceptors (Lipinski definition) is 4. The maximum atomic E-state index is 10.6. The van der Waals surface area contributed by atoms with E-state index in [1.54, 1.807) is 6.20 Å². The molecular weight excluding hydrogens is 287 g/mol. The van der Waals surface area contributed by atoms with Crippen molar-refractivity contribution < 1.29 is 29.6 Å². The molecule has 0 saturated heterocycles. The molecule has 6 heteroatoms. The maximum Gasteiger partial charge on any atom is 1.00 e. The van der Waals surface area contributed by atoms with E-state index < -0.39 is 0 Å². The van der Waals surface area contributed by atoms with Crippen molar-refractivity contribution in [1.29, 1.82) is 0 Å². The zero-order valence-electron chi connectivity index (χ0n) is 12.8. The van der Waals surface area contributed by atoms with Crippen LogP contribution in [0.4, 0.5) is 5.82 Å². The number of rotatable bonds is 3. The molecule has 0 fully saturated rings. The van der Waals surface area contributed by atoms with Crippen LogP contribution in [0.2, 0.25) is 0 Å². The molecule has 2 aromatic heterocycles. The Morgan fingerprint density at radius 2 is 1.91 bits per heavy atom. The van der Waals surface area contributed by atoms with Crippen molar-refractivity contribution in [2.24, 2.45) is 5.29 Å². The molecule has 104 valence electrons. The second-order valence-corrected chi connectivity index (χ2v) is 4.89. The average molecular weight is 301 g/mol. The number of pyridine rings is 2. The van der Waals surface area contributed by atoms with Crippen molar-refractivity contribution in [3.63, 3.8) is 0 Å². The second kappa shape index (κ2) is 6.96. The number of aryl methyl sites for hydroxylation is 1. The van der Waals surface area contributed by atoms with E-state index in [0.29, 0.717) is 11.5 Å². The molecule has 0 aliphatic carbocycles. The molecule has 1 N–H and O–H groups in total. The fourth-order valence-electron chi connectivity index (χ4n) is 2.38. The van der Waals surface area contributed by atoms with Gasteiger partial charge in [0.2, 0.25) is 0 Å². The van der Waals surface area contributed by atoms with Crippen LogP contribution in [0.15, 0.2) is 47.9 Å². The first-order chi connectivity index (χ1) is 10.2. The van der Waals surface area contributed by atoms with Crippen molar-refractivity contribution in [1.82, 2.24) is 9.97 Å². The van der Waals surface area contributed by atoms with E-state index in [9.17, 15) is 4.91 Å². The first kappa shape index (κ1) is 16.5. The molecule has 3 rings (SSSR count). The van der Waals surface area contributed by atoms with Gasteiger partial charge in [0.1, 0.15) is 0 Å². The fraction of sp³-hybridized carbons (Fsp3) is 0.125. The molecule has 0 saturated carbocycles. The molecule has 0 aliphatic heterocycles. The summed E-state index contributed by atoms with van der Waals surface area (Å²) >= 11 is 0. The largest absolute Gasteiger partial charge is 1.00 e. The molecule has 0 radical (unpaired) electrons. The smallest absolute Gasteiger partial charge is 0.237 e. The number of nitrogens with zero attached hydrogens (tertiary/aromatic N) is 3. The van der Waals surface area contributed by atoms with E-state index in [-0.39, 0.29) is 29.6 Å². The monoisotopic (exact) mass is 301 g/mol. The van der Waals surface area contributed by atoms with Gasteiger partial charge in [-0.05, 0) is 48.7 Å². The van der Waals surface area contributed by atoms with Gasteiger partial charge in [-0.25, -0.2) is 15.4 Å². The molecule has 2 heterocycles. The van der Waals surface area contributed by atoms with Gasteiger partial charge < -0.3 is 0 Å². The van der Waals surface area contributed by atoms with Gasteiger partial charge in [-0.1, -0.05) is 18.2 Å². The van der Waals surface area contributed by atoms with Crippen molar-refractivity contribution in [2.45, 2.75) is 13.8 Å². The van der Waals surface area contributed by atoms with Crippen LogP contribution in [-0.4, -0.2) is 9.97 Å². The molecule has 0 bridgehead atoms. The molecule has 0 unspecified atom stereocenters. The first-order valence-corrected chi connectivity index (χ1v) is 6.61. The summed E-state index contributed by atoms with van der Waals surface area (Å²) < 4.78 is 0. The van der Waals surface area contributed by atoms with Crippen LogP contribution in [0.25, 0.3) is 22.2 Å². The standard InChI is InChI=1S/C16H14N4O.Na/c1-10-5-3-7-13(11(10)2)14-9-12-6-4-8-17-15(12)18-16(14)19-20-21;/h3-9H,1-2H3,(H,17,18,19,21);/q;+1. The minimum absolute atomic E-state index is 0. The first-order valence-electron chi connectivity index (χ1n) is 6.61. The Kier molecular flexibility index (Phi) is 5.24. The minimum Gasteiger partial charge on any atom is -0.237 e. The molecule has 3 aromatic rings. The van der Waals surface area contributed by atoms with E-state index in [2.05, 4.69) is 40.6 Å². The third kappa shape index (κ3) is 3.02. The molecule has 1 aromatic carbocycles. The third-order valence-electron chi connectivity index (χ3n) is 3.64. The summed E-state index contributed by atoms with van der Waals surface area (Å²) in [5.41, 5.74) is 7.22. The zero-order chi connectivity index (χ0) is 14.8. The zero-order valence-corrected chi connectivity index (χ0v) is 14.8. The molecule has 0 amide bonds. The van der Waals surface area contributed by atoms with Gasteiger partial charge in [0.15, 0.2) is 11.5 Å². The van der Waals surface area contributed by atoms with Crippen LogP contribution in [-0.2, 0) is 0 Å². The number of hydrogen-bond donors (Lipinski definition) is 1. The molecule has 0 atom stereocenters. The Morgan fingerprint density at radius 3 is 2.68 bits per heavy atom. The van der Waals surface area contributed by atoms with Gasteiger partial charge in [0.05, 0.1) is 5.29 Å². The topological polar surface area (TPSA) is 67.2 Å². The fourth-order valence-corrected chi connectivity index (χ4v) is 2.38. The predicted molar refractivity (Wildman–Crippen MR) is 83.9 cm³/mol. The van der Waals surface area contributed by atoms with Gasteiger partial charge >= 0.3 is 29.6 Å².